The van der Waals surface area contributed by atoms with Crippen LogP contribution >= 0.6 is 11.8 Å². The molecule has 1 aliphatic heterocycles. The highest BCUT2D eigenvalue weighted by molar-refractivity contribution is 7.99. The van der Waals surface area contributed by atoms with E-state index in [1.807, 2.05) is 24.3 Å². The maximum Gasteiger partial charge on any atom is 0.175 e. The Hall–Kier alpha value is -3.24. The van der Waals surface area contributed by atoms with Crippen LogP contribution in [0.5, 0.6) is 11.5 Å². The minimum atomic E-state index is 0.365. The van der Waals surface area contributed by atoms with Crippen LogP contribution < -0.4 is 20.5 Å². The number of benzene rings is 1. The molecule has 0 saturated carbocycles. The molecule has 0 aliphatic carbocycles. The van der Waals surface area contributed by atoms with Gasteiger partial charge in [0.25, 0.3) is 0 Å². The third-order valence-electron chi connectivity index (χ3n) is 5.22. The van der Waals surface area contributed by atoms with E-state index < -0.39 is 0 Å². The number of imidazole rings is 1. The summed E-state index contributed by atoms with van der Waals surface area (Å²) in [7, 11) is 0. The molecule has 0 amide bonds. The van der Waals surface area contributed by atoms with E-state index in [0.717, 1.165) is 34.5 Å². The number of rotatable bonds is 8. The molecule has 0 fully saturated rings. The fourth-order valence-electron chi connectivity index (χ4n) is 3.67. The zero-order valence-electron chi connectivity index (χ0n) is 18.6. The van der Waals surface area contributed by atoms with Crippen LogP contribution in [0.15, 0.2) is 51.3 Å². The van der Waals surface area contributed by atoms with Crippen LogP contribution in [0.2, 0.25) is 0 Å². The summed E-state index contributed by atoms with van der Waals surface area (Å²) >= 11 is 1.52. The van der Waals surface area contributed by atoms with E-state index in [4.69, 9.17) is 24.6 Å². The second kappa shape index (κ2) is 9.32. The molecule has 172 valence electrons. The van der Waals surface area contributed by atoms with Crippen LogP contribution in [-0.4, -0.2) is 45.8 Å². The summed E-state index contributed by atoms with van der Waals surface area (Å²) < 4.78 is 19.4. The van der Waals surface area contributed by atoms with Gasteiger partial charge in [0.1, 0.15) is 25.3 Å². The van der Waals surface area contributed by atoms with Crippen LogP contribution in [0.25, 0.3) is 22.5 Å². The predicted molar refractivity (Wildman–Crippen MR) is 127 cm³/mol. The van der Waals surface area contributed by atoms with Crippen molar-refractivity contribution in [3.05, 3.63) is 36.9 Å². The van der Waals surface area contributed by atoms with Crippen molar-refractivity contribution in [2.45, 2.75) is 30.4 Å². The second-order valence-electron chi connectivity index (χ2n) is 8.15. The molecule has 10 heteroatoms. The lowest BCUT2D eigenvalue weighted by Crippen LogP contribution is -2.24. The van der Waals surface area contributed by atoms with Crippen LogP contribution in [-0.2, 0) is 6.54 Å². The first kappa shape index (κ1) is 21.6. The molecule has 3 N–H and O–H groups in total. The number of furan rings is 1. The van der Waals surface area contributed by atoms with Crippen molar-refractivity contribution < 1.29 is 13.9 Å². The van der Waals surface area contributed by atoms with Crippen LogP contribution in [0, 0.1) is 5.92 Å². The van der Waals surface area contributed by atoms with E-state index >= 15 is 0 Å². The quantitative estimate of drug-likeness (QED) is 0.374. The normalized spacial score (nSPS) is 13.2. The summed E-state index contributed by atoms with van der Waals surface area (Å²) in [6.07, 6.45) is 3.14. The maximum atomic E-state index is 6.12. The highest BCUT2D eigenvalue weighted by Crippen LogP contribution is 2.44. The number of fused-ring (bicyclic) bond motifs is 2. The largest absolute Gasteiger partial charge is 0.486 e. The molecule has 0 unspecified atom stereocenters. The number of nitrogens with zero attached hydrogens (tertiary/aromatic N) is 4. The van der Waals surface area contributed by atoms with Crippen LogP contribution in [0.1, 0.15) is 13.8 Å². The third kappa shape index (κ3) is 4.49. The Kier molecular flexibility index (Phi) is 6.10. The summed E-state index contributed by atoms with van der Waals surface area (Å²) in [5.74, 6) is 3.10. The summed E-state index contributed by atoms with van der Waals surface area (Å²) in [6.45, 7) is 7.84. The first-order chi connectivity index (χ1) is 16.1. The average molecular weight is 467 g/mol. The van der Waals surface area contributed by atoms with Crippen molar-refractivity contribution in [3.8, 4) is 22.8 Å². The SMILES string of the molecule is CC(C)CNCCn1c(Sc2cc3c(cc2-c2ccco2)OCCO3)nc2c(N)ncnc21. The number of hydrogen-bond acceptors (Lipinski definition) is 9. The lowest BCUT2D eigenvalue weighted by atomic mass is 10.1. The fraction of sp³-hybridized carbons (Fsp3) is 0.348. The van der Waals surface area contributed by atoms with E-state index in [9.17, 15) is 0 Å². The molecule has 0 bridgehead atoms. The summed E-state index contributed by atoms with van der Waals surface area (Å²) in [5.41, 5.74) is 8.34. The molecule has 3 aromatic heterocycles. The molecule has 5 rings (SSSR count). The van der Waals surface area contributed by atoms with Crippen molar-refractivity contribution in [1.82, 2.24) is 24.8 Å². The molecule has 0 atom stereocenters. The molecule has 1 aliphatic rings. The Morgan fingerprint density at radius 2 is 2.00 bits per heavy atom. The Labute approximate surface area is 195 Å². The maximum absolute atomic E-state index is 6.12. The topological polar surface area (TPSA) is 113 Å². The third-order valence-corrected chi connectivity index (χ3v) is 6.27. The van der Waals surface area contributed by atoms with Gasteiger partial charge in [0.15, 0.2) is 33.6 Å². The monoisotopic (exact) mass is 466 g/mol. The molecule has 0 radical (unpaired) electrons. The van der Waals surface area contributed by atoms with Gasteiger partial charge in [-0.2, -0.15) is 0 Å². The van der Waals surface area contributed by atoms with Crippen LogP contribution in [0.3, 0.4) is 0 Å². The number of ether oxygens (including phenoxy) is 2. The number of anilines is 1. The standard InChI is InChI=1S/C23H26N6O3S/c1-14(2)12-25-5-6-29-22-20(21(24)26-13-27-22)28-23(29)33-19-11-18-17(31-8-9-32-18)10-15(19)16-4-3-7-30-16/h3-4,7,10-11,13-14,25H,5-6,8-9,12H2,1-2H3,(H2,24,26,27). The van der Waals surface area contributed by atoms with E-state index in [1.165, 1.54) is 18.1 Å². The Balaban J connectivity index is 1.55. The summed E-state index contributed by atoms with van der Waals surface area (Å²) in [5, 5.41) is 4.26. The van der Waals surface area contributed by atoms with Gasteiger partial charge in [-0.3, -0.25) is 0 Å². The van der Waals surface area contributed by atoms with E-state index in [0.29, 0.717) is 54.2 Å². The first-order valence-corrected chi connectivity index (χ1v) is 11.7. The molecule has 1 aromatic carbocycles. The fourth-order valence-corrected chi connectivity index (χ4v) is 4.73. The molecule has 4 heterocycles. The van der Waals surface area contributed by atoms with E-state index in [2.05, 4.69) is 33.7 Å². The first-order valence-electron chi connectivity index (χ1n) is 10.9. The van der Waals surface area contributed by atoms with Crippen molar-refractivity contribution in [1.29, 1.82) is 0 Å². The lowest BCUT2D eigenvalue weighted by molar-refractivity contribution is 0.171. The van der Waals surface area contributed by atoms with Gasteiger partial charge in [0.05, 0.1) is 6.26 Å². The second-order valence-corrected chi connectivity index (χ2v) is 9.16. The molecule has 33 heavy (non-hydrogen) atoms. The zero-order valence-corrected chi connectivity index (χ0v) is 19.4. The summed E-state index contributed by atoms with van der Waals surface area (Å²) in [6, 6.07) is 7.73. The minimum Gasteiger partial charge on any atom is -0.486 e. The highest BCUT2D eigenvalue weighted by atomic mass is 32.2. The zero-order chi connectivity index (χ0) is 22.8. The van der Waals surface area contributed by atoms with Crippen molar-refractivity contribution in [2.24, 2.45) is 5.92 Å². The number of nitrogens with two attached hydrogens (primary N) is 1. The minimum absolute atomic E-state index is 0.365. The molecule has 0 saturated heterocycles. The Morgan fingerprint density at radius 1 is 1.18 bits per heavy atom. The van der Waals surface area contributed by atoms with Crippen molar-refractivity contribution >= 4 is 28.7 Å². The smallest absolute Gasteiger partial charge is 0.175 e. The van der Waals surface area contributed by atoms with E-state index in [-0.39, 0.29) is 0 Å². The molecular weight excluding hydrogens is 440 g/mol. The number of nitrogen functional groups attached to an aromatic ring is 1. The summed E-state index contributed by atoms with van der Waals surface area (Å²) in [4.78, 5) is 14.3. The van der Waals surface area contributed by atoms with E-state index in [1.54, 1.807) is 6.26 Å². The number of aromatic nitrogens is 4. The van der Waals surface area contributed by atoms with Gasteiger partial charge in [0, 0.05) is 23.5 Å². The van der Waals surface area contributed by atoms with Crippen molar-refractivity contribution in [3.63, 3.8) is 0 Å². The van der Waals surface area contributed by atoms with Gasteiger partial charge in [-0.1, -0.05) is 25.6 Å². The van der Waals surface area contributed by atoms with Gasteiger partial charge < -0.3 is 29.5 Å². The molecule has 9 nitrogen and oxygen atoms in total. The molecule has 0 spiro atoms. The van der Waals surface area contributed by atoms with Gasteiger partial charge in [-0.15, -0.1) is 0 Å². The highest BCUT2D eigenvalue weighted by Gasteiger charge is 2.22. The van der Waals surface area contributed by atoms with Gasteiger partial charge in [-0.05, 0) is 36.7 Å². The Bertz CT molecular complexity index is 1260. The Morgan fingerprint density at radius 3 is 2.76 bits per heavy atom. The molecular formula is C23H26N6O3S. The van der Waals surface area contributed by atoms with Gasteiger partial charge in [0.2, 0.25) is 0 Å². The lowest BCUT2D eigenvalue weighted by Gasteiger charge is -2.20. The number of nitrogens with one attached hydrogen (secondary N) is 1. The van der Waals surface area contributed by atoms with Crippen molar-refractivity contribution in [2.75, 3.05) is 32.0 Å². The van der Waals surface area contributed by atoms with Gasteiger partial charge >= 0.3 is 0 Å². The van der Waals surface area contributed by atoms with Crippen LogP contribution in [0.4, 0.5) is 5.82 Å². The predicted octanol–water partition coefficient (Wildman–Crippen LogP) is 3.84. The molecule has 4 aromatic rings. The van der Waals surface area contributed by atoms with Gasteiger partial charge in [-0.25, -0.2) is 15.0 Å². The average Bonchev–Trinajstić information content (AvgIpc) is 3.45. The number of hydrogen-bond donors (Lipinski definition) is 2.